The number of hydrogen-bond donors (Lipinski definition) is 1. The van der Waals surface area contributed by atoms with E-state index < -0.39 is 6.04 Å². The van der Waals surface area contributed by atoms with Crippen LogP contribution >= 0.6 is 0 Å². The molecule has 25 heavy (non-hydrogen) atoms. The number of benzene rings is 1. The Morgan fingerprint density at radius 3 is 2.84 bits per heavy atom. The molecule has 6 heteroatoms. The predicted octanol–water partition coefficient (Wildman–Crippen LogP) is 2.48. The van der Waals surface area contributed by atoms with E-state index in [1.165, 1.54) is 6.92 Å². The summed E-state index contributed by atoms with van der Waals surface area (Å²) in [5.41, 5.74) is 1.88. The summed E-state index contributed by atoms with van der Waals surface area (Å²) in [6.45, 7) is 7.97. The van der Waals surface area contributed by atoms with Gasteiger partial charge in [0.25, 0.3) is 0 Å². The average Bonchev–Trinajstić information content (AvgIpc) is 2.96. The monoisotopic (exact) mass is 343 g/mol. The first-order chi connectivity index (χ1) is 12.0. The Morgan fingerprint density at radius 2 is 2.12 bits per heavy atom. The number of aromatic nitrogens is 1. The number of amides is 2. The fraction of sp³-hybridized carbons (Fsp3) is 0.474. The summed E-state index contributed by atoms with van der Waals surface area (Å²) in [5, 5.41) is 4.00. The number of ether oxygens (including phenoxy) is 1. The molecular weight excluding hydrogens is 318 g/mol. The number of nitrogens with zero attached hydrogens (tertiary/aromatic N) is 2. The highest BCUT2D eigenvalue weighted by molar-refractivity contribution is 5.98. The van der Waals surface area contributed by atoms with Crippen LogP contribution in [0.5, 0.6) is 0 Å². The molecule has 1 aromatic heterocycles. The van der Waals surface area contributed by atoms with Crippen LogP contribution in [0.3, 0.4) is 0 Å². The molecule has 0 radical (unpaired) electrons. The maximum atomic E-state index is 12.6. The van der Waals surface area contributed by atoms with Crippen molar-refractivity contribution in [3.63, 3.8) is 0 Å². The van der Waals surface area contributed by atoms with Crippen LogP contribution in [0.15, 0.2) is 30.5 Å². The summed E-state index contributed by atoms with van der Waals surface area (Å²) in [7, 11) is 0. The summed E-state index contributed by atoms with van der Waals surface area (Å²) < 4.78 is 7.59. The normalized spacial score (nSPS) is 17.9. The quantitative estimate of drug-likeness (QED) is 0.928. The number of fused-ring (bicyclic) bond motifs is 1. The number of rotatable bonds is 4. The predicted molar refractivity (Wildman–Crippen MR) is 97.4 cm³/mol. The van der Waals surface area contributed by atoms with E-state index in [1.807, 2.05) is 18.2 Å². The summed E-state index contributed by atoms with van der Waals surface area (Å²) in [6, 6.07) is 7.37. The Morgan fingerprint density at radius 1 is 1.32 bits per heavy atom. The summed E-state index contributed by atoms with van der Waals surface area (Å²) in [5.74, 6) is 0.249. The topological polar surface area (TPSA) is 63.6 Å². The first-order valence-corrected chi connectivity index (χ1v) is 8.70. The van der Waals surface area contributed by atoms with Gasteiger partial charge in [-0.1, -0.05) is 13.8 Å². The fourth-order valence-electron chi connectivity index (χ4n) is 3.25. The Labute approximate surface area is 147 Å². The molecule has 6 nitrogen and oxygen atoms in total. The van der Waals surface area contributed by atoms with Gasteiger partial charge in [-0.15, -0.1) is 0 Å². The molecule has 2 amide bonds. The zero-order valence-corrected chi connectivity index (χ0v) is 15.0. The Kier molecular flexibility index (Phi) is 5.08. The van der Waals surface area contributed by atoms with Gasteiger partial charge in [-0.2, -0.15) is 0 Å². The molecule has 1 saturated heterocycles. The Hall–Kier alpha value is -2.34. The van der Waals surface area contributed by atoms with Crippen LogP contribution in [0.25, 0.3) is 10.9 Å². The van der Waals surface area contributed by atoms with E-state index in [9.17, 15) is 9.59 Å². The highest BCUT2D eigenvalue weighted by atomic mass is 16.5. The van der Waals surface area contributed by atoms with E-state index in [0.717, 1.165) is 23.1 Å². The molecule has 134 valence electrons. The van der Waals surface area contributed by atoms with Gasteiger partial charge in [0.05, 0.1) is 13.2 Å². The van der Waals surface area contributed by atoms with Gasteiger partial charge >= 0.3 is 0 Å². The minimum Gasteiger partial charge on any atom is -0.377 e. The van der Waals surface area contributed by atoms with Crippen molar-refractivity contribution in [2.45, 2.75) is 33.4 Å². The summed E-state index contributed by atoms with van der Waals surface area (Å²) in [4.78, 5) is 25.9. The number of carbonyl (C=O) groups excluding carboxylic acids is 2. The van der Waals surface area contributed by atoms with E-state index in [-0.39, 0.29) is 18.4 Å². The molecule has 2 aromatic rings. The van der Waals surface area contributed by atoms with E-state index in [1.54, 1.807) is 4.90 Å². The van der Waals surface area contributed by atoms with E-state index in [0.29, 0.717) is 19.1 Å². The van der Waals surface area contributed by atoms with E-state index >= 15 is 0 Å². The summed E-state index contributed by atoms with van der Waals surface area (Å²) in [6.07, 6.45) is 2.07. The number of morpholine rings is 1. The maximum Gasteiger partial charge on any atom is 0.249 e. The van der Waals surface area contributed by atoms with Crippen LogP contribution in [-0.4, -0.2) is 47.1 Å². The highest BCUT2D eigenvalue weighted by Crippen LogP contribution is 2.22. The van der Waals surface area contributed by atoms with E-state index in [2.05, 4.69) is 36.0 Å². The van der Waals surface area contributed by atoms with Crippen LogP contribution in [0.4, 0.5) is 5.69 Å². The van der Waals surface area contributed by atoms with Crippen molar-refractivity contribution in [3.8, 4) is 0 Å². The Balaban J connectivity index is 1.76. The summed E-state index contributed by atoms with van der Waals surface area (Å²) >= 11 is 0. The molecule has 0 spiro atoms. The minimum atomic E-state index is -0.576. The molecule has 0 bridgehead atoms. The van der Waals surface area contributed by atoms with Crippen LogP contribution in [-0.2, 0) is 20.9 Å². The number of nitrogens with one attached hydrogen (secondary N) is 1. The third-order valence-electron chi connectivity index (χ3n) is 4.44. The molecule has 1 N–H and O–H groups in total. The molecule has 1 aliphatic heterocycles. The lowest BCUT2D eigenvalue weighted by molar-refractivity contribution is -0.144. The van der Waals surface area contributed by atoms with Gasteiger partial charge in [-0.05, 0) is 30.2 Å². The van der Waals surface area contributed by atoms with Crippen LogP contribution < -0.4 is 5.32 Å². The lowest BCUT2D eigenvalue weighted by Gasteiger charge is -2.33. The second kappa shape index (κ2) is 7.27. The van der Waals surface area contributed by atoms with Crippen molar-refractivity contribution >= 4 is 28.4 Å². The highest BCUT2D eigenvalue weighted by Gasteiger charge is 2.31. The standard InChI is InChI=1S/C19H25N3O3/c1-13(2)11-21-7-6-15-10-16(4-5-17(15)21)20-19(24)18-12-25-9-8-22(18)14(3)23/h4-7,10,13,18H,8-9,11-12H2,1-3H3,(H,20,24)/t18-/m1/s1. The van der Waals surface area contributed by atoms with Crippen molar-refractivity contribution in [1.29, 1.82) is 0 Å². The molecule has 0 unspecified atom stereocenters. The third kappa shape index (κ3) is 3.85. The number of carbonyl (C=O) groups is 2. The molecular formula is C19H25N3O3. The molecule has 1 fully saturated rings. The first-order valence-electron chi connectivity index (χ1n) is 8.70. The SMILES string of the molecule is CC(=O)N1CCOC[C@@H]1C(=O)Nc1ccc2c(ccn2CC(C)C)c1. The van der Waals surface area contributed by atoms with Crippen LogP contribution in [0.1, 0.15) is 20.8 Å². The van der Waals surface area contributed by atoms with Gasteiger partial charge in [0.15, 0.2) is 0 Å². The van der Waals surface area contributed by atoms with Crippen molar-refractivity contribution < 1.29 is 14.3 Å². The average molecular weight is 343 g/mol. The molecule has 3 rings (SSSR count). The number of hydrogen-bond acceptors (Lipinski definition) is 3. The molecule has 1 atom stereocenters. The van der Waals surface area contributed by atoms with Crippen LogP contribution in [0, 0.1) is 5.92 Å². The minimum absolute atomic E-state index is 0.107. The van der Waals surface area contributed by atoms with E-state index in [4.69, 9.17) is 4.74 Å². The van der Waals surface area contributed by atoms with Gasteiger partial charge in [-0.25, -0.2) is 0 Å². The van der Waals surface area contributed by atoms with Gasteiger partial charge in [0.1, 0.15) is 6.04 Å². The molecule has 0 aliphatic carbocycles. The largest absolute Gasteiger partial charge is 0.377 e. The molecule has 1 aromatic carbocycles. The van der Waals surface area contributed by atoms with Crippen LogP contribution in [0.2, 0.25) is 0 Å². The third-order valence-corrected chi connectivity index (χ3v) is 4.44. The van der Waals surface area contributed by atoms with Crippen molar-refractivity contribution in [3.05, 3.63) is 30.5 Å². The van der Waals surface area contributed by atoms with Gasteiger partial charge in [-0.3, -0.25) is 9.59 Å². The smallest absolute Gasteiger partial charge is 0.249 e. The molecule has 2 heterocycles. The zero-order chi connectivity index (χ0) is 18.0. The second-order valence-electron chi connectivity index (χ2n) is 6.93. The van der Waals surface area contributed by atoms with Gasteiger partial charge in [0, 0.05) is 42.8 Å². The molecule has 1 aliphatic rings. The first kappa shape index (κ1) is 17.5. The van der Waals surface area contributed by atoms with Crippen molar-refractivity contribution in [2.75, 3.05) is 25.1 Å². The lowest BCUT2D eigenvalue weighted by Crippen LogP contribution is -2.53. The molecule has 0 saturated carbocycles. The number of anilines is 1. The van der Waals surface area contributed by atoms with Crippen molar-refractivity contribution in [1.82, 2.24) is 9.47 Å². The zero-order valence-electron chi connectivity index (χ0n) is 15.0. The maximum absolute atomic E-state index is 12.6. The van der Waals surface area contributed by atoms with Gasteiger partial charge < -0.3 is 19.5 Å². The van der Waals surface area contributed by atoms with Crippen molar-refractivity contribution in [2.24, 2.45) is 5.92 Å². The van der Waals surface area contributed by atoms with Gasteiger partial charge in [0.2, 0.25) is 11.8 Å². The second-order valence-corrected chi connectivity index (χ2v) is 6.93. The Bertz CT molecular complexity index is 781. The fourth-order valence-corrected chi connectivity index (χ4v) is 3.25. The lowest BCUT2D eigenvalue weighted by atomic mass is 10.2.